The quantitative estimate of drug-likeness (QED) is 0.572. The summed E-state index contributed by atoms with van der Waals surface area (Å²) in [4.78, 5) is 22.7. The second-order valence-electron chi connectivity index (χ2n) is 11.1. The Bertz CT molecular complexity index is 823. The van der Waals surface area contributed by atoms with Crippen LogP contribution in [0.3, 0.4) is 0 Å². The van der Waals surface area contributed by atoms with Gasteiger partial charge in [-0.3, -0.25) is 0 Å². The van der Waals surface area contributed by atoms with Gasteiger partial charge in [-0.25, -0.2) is 9.59 Å². The molecule has 5 aliphatic rings. The zero-order chi connectivity index (χ0) is 22.2. The Morgan fingerprint density at radius 1 is 1.13 bits per heavy atom. The van der Waals surface area contributed by atoms with E-state index < -0.39 is 23.3 Å². The Morgan fingerprint density at radius 3 is 2.58 bits per heavy atom. The number of ether oxygens (including phenoxy) is 2. The van der Waals surface area contributed by atoms with Crippen molar-refractivity contribution in [2.24, 2.45) is 34.5 Å². The second kappa shape index (κ2) is 6.95. The summed E-state index contributed by atoms with van der Waals surface area (Å²) >= 11 is 0. The lowest BCUT2D eigenvalue weighted by molar-refractivity contribution is -0.245. The Labute approximate surface area is 182 Å². The van der Waals surface area contributed by atoms with E-state index in [4.69, 9.17) is 14.6 Å². The molecule has 5 rings (SSSR count). The minimum Gasteiger partial charge on any atom is -0.458 e. The van der Waals surface area contributed by atoms with Crippen LogP contribution in [0.15, 0.2) is 11.6 Å². The number of rotatable bonds is 2. The van der Waals surface area contributed by atoms with Gasteiger partial charge in [0.05, 0.1) is 11.7 Å². The summed E-state index contributed by atoms with van der Waals surface area (Å²) in [6, 6.07) is 0. The smallest absolute Gasteiger partial charge is 0.458 e. The first-order chi connectivity index (χ1) is 14.6. The summed E-state index contributed by atoms with van der Waals surface area (Å²) in [5.41, 5.74) is -0.800. The van der Waals surface area contributed by atoms with Crippen LogP contribution in [-0.2, 0) is 14.3 Å². The number of carbonyl (C=O) groups is 2. The summed E-state index contributed by atoms with van der Waals surface area (Å²) < 4.78 is 10.3. The van der Waals surface area contributed by atoms with Crippen molar-refractivity contribution in [3.63, 3.8) is 0 Å². The number of hydrogen-bond acceptors (Lipinski definition) is 6. The summed E-state index contributed by atoms with van der Waals surface area (Å²) in [5, 5.41) is 32.7. The predicted octanol–water partition coefficient (Wildman–Crippen LogP) is 3.28. The monoisotopic (exact) mass is 434 g/mol. The molecule has 9 atom stereocenters. The third-order valence-electron chi connectivity index (χ3n) is 10.3. The van der Waals surface area contributed by atoms with Crippen molar-refractivity contribution >= 4 is 12.1 Å². The van der Waals surface area contributed by atoms with E-state index in [1.54, 1.807) is 6.08 Å². The molecule has 0 unspecified atom stereocenters. The molecule has 0 aromatic rings. The van der Waals surface area contributed by atoms with E-state index in [-0.39, 0.29) is 41.8 Å². The molecule has 1 heterocycles. The molecule has 0 bridgehead atoms. The van der Waals surface area contributed by atoms with Gasteiger partial charge in [0.25, 0.3) is 0 Å². The van der Waals surface area contributed by atoms with E-state index in [0.717, 1.165) is 37.7 Å². The molecule has 4 aliphatic carbocycles. The van der Waals surface area contributed by atoms with Crippen molar-refractivity contribution in [3.05, 3.63) is 11.6 Å². The van der Waals surface area contributed by atoms with Crippen LogP contribution < -0.4 is 0 Å². The number of aliphatic hydroxyl groups excluding tert-OH is 1. The fourth-order valence-corrected chi connectivity index (χ4v) is 8.60. The first-order valence-corrected chi connectivity index (χ1v) is 11.8. The van der Waals surface area contributed by atoms with Crippen LogP contribution in [0.2, 0.25) is 0 Å². The molecule has 4 saturated carbocycles. The average molecular weight is 435 g/mol. The summed E-state index contributed by atoms with van der Waals surface area (Å²) in [7, 11) is 0. The first kappa shape index (κ1) is 21.3. The largest absolute Gasteiger partial charge is 0.506 e. The molecule has 0 aromatic carbocycles. The Kier molecular flexibility index (Phi) is 4.76. The Hall–Kier alpha value is -1.60. The number of fused-ring (bicyclic) bond motifs is 5. The van der Waals surface area contributed by atoms with Gasteiger partial charge in [-0.15, -0.1) is 0 Å². The molecule has 1 aliphatic heterocycles. The highest BCUT2D eigenvalue weighted by Gasteiger charge is 2.70. The number of cyclic esters (lactones) is 1. The van der Waals surface area contributed by atoms with Crippen molar-refractivity contribution in [1.29, 1.82) is 0 Å². The summed E-state index contributed by atoms with van der Waals surface area (Å²) in [6.45, 7) is 4.56. The van der Waals surface area contributed by atoms with E-state index in [2.05, 4.69) is 6.92 Å². The topological polar surface area (TPSA) is 113 Å². The van der Waals surface area contributed by atoms with Gasteiger partial charge < -0.3 is 24.8 Å². The normalized spacial score (nSPS) is 51.2. The maximum atomic E-state index is 12.2. The van der Waals surface area contributed by atoms with Gasteiger partial charge in [-0.2, -0.15) is 0 Å². The van der Waals surface area contributed by atoms with Gasteiger partial charge in [-0.05, 0) is 86.0 Å². The lowest BCUT2D eigenvalue weighted by Crippen LogP contribution is -2.67. The van der Waals surface area contributed by atoms with E-state index in [1.165, 1.54) is 0 Å². The SMILES string of the molecule is C[C@]12CC[C@H](OC(=O)O)C[C@H]1CC[C@@H]1[C@@H]2C[C@@H](O)[C@]2(C)[C@@H](C3=CC(=O)OC3)CC[C@]12O. The lowest BCUT2D eigenvalue weighted by atomic mass is 9.42. The van der Waals surface area contributed by atoms with Crippen LogP contribution >= 0.6 is 0 Å². The van der Waals surface area contributed by atoms with Crippen molar-refractivity contribution in [3.8, 4) is 0 Å². The molecule has 0 saturated heterocycles. The molecule has 4 fully saturated rings. The summed E-state index contributed by atoms with van der Waals surface area (Å²) in [5.74, 6) is 0.255. The van der Waals surface area contributed by atoms with Gasteiger partial charge in [-0.1, -0.05) is 13.8 Å². The second-order valence-corrected chi connectivity index (χ2v) is 11.1. The van der Waals surface area contributed by atoms with Gasteiger partial charge in [0.1, 0.15) is 12.7 Å². The van der Waals surface area contributed by atoms with E-state index in [0.29, 0.717) is 25.2 Å². The van der Waals surface area contributed by atoms with Crippen molar-refractivity contribution in [2.45, 2.75) is 83.0 Å². The fourth-order valence-electron chi connectivity index (χ4n) is 8.60. The average Bonchev–Trinajstić information content (AvgIpc) is 3.24. The van der Waals surface area contributed by atoms with E-state index in [9.17, 15) is 19.8 Å². The van der Waals surface area contributed by atoms with Crippen LogP contribution in [0.1, 0.15) is 65.2 Å². The predicted molar refractivity (Wildman–Crippen MR) is 110 cm³/mol. The van der Waals surface area contributed by atoms with E-state index in [1.807, 2.05) is 6.92 Å². The Morgan fingerprint density at radius 2 is 1.90 bits per heavy atom. The molecule has 0 aromatic heterocycles. The number of hydrogen-bond donors (Lipinski definition) is 3. The van der Waals surface area contributed by atoms with Gasteiger partial charge >= 0.3 is 12.1 Å². The van der Waals surface area contributed by atoms with Crippen molar-refractivity contribution < 1.29 is 34.4 Å². The highest BCUT2D eigenvalue weighted by atomic mass is 16.7. The number of carboxylic acid groups (broad SMARTS) is 1. The van der Waals surface area contributed by atoms with Crippen LogP contribution in [0.5, 0.6) is 0 Å². The maximum Gasteiger partial charge on any atom is 0.506 e. The number of aliphatic hydroxyl groups is 2. The molecule has 3 N–H and O–H groups in total. The molecule has 0 spiro atoms. The first-order valence-electron chi connectivity index (χ1n) is 11.8. The van der Waals surface area contributed by atoms with Crippen LogP contribution in [-0.4, -0.2) is 51.9 Å². The third kappa shape index (κ3) is 2.85. The van der Waals surface area contributed by atoms with Crippen LogP contribution in [0.4, 0.5) is 4.79 Å². The molecular weight excluding hydrogens is 400 g/mol. The molecule has 172 valence electrons. The molecule has 0 amide bonds. The molecule has 7 nitrogen and oxygen atoms in total. The van der Waals surface area contributed by atoms with Crippen LogP contribution in [0.25, 0.3) is 0 Å². The minimum atomic E-state index is -1.21. The lowest BCUT2D eigenvalue weighted by Gasteiger charge is -2.65. The number of carbonyl (C=O) groups excluding carboxylic acids is 1. The minimum absolute atomic E-state index is 0.0386. The van der Waals surface area contributed by atoms with Gasteiger partial charge in [0, 0.05) is 11.5 Å². The van der Waals surface area contributed by atoms with Crippen LogP contribution in [0, 0.1) is 34.5 Å². The molecule has 31 heavy (non-hydrogen) atoms. The summed E-state index contributed by atoms with van der Waals surface area (Å²) in [6.07, 6.45) is 5.56. The number of esters is 1. The third-order valence-corrected chi connectivity index (χ3v) is 10.3. The molecule has 0 radical (unpaired) electrons. The zero-order valence-corrected chi connectivity index (χ0v) is 18.4. The van der Waals surface area contributed by atoms with Crippen molar-refractivity contribution in [2.75, 3.05) is 6.61 Å². The van der Waals surface area contributed by atoms with Crippen molar-refractivity contribution in [1.82, 2.24) is 0 Å². The molecular formula is C24H34O7. The molecule has 7 heteroatoms. The fraction of sp³-hybridized carbons (Fsp3) is 0.833. The van der Waals surface area contributed by atoms with E-state index >= 15 is 0 Å². The highest BCUT2D eigenvalue weighted by Crippen LogP contribution is 2.69. The van der Waals surface area contributed by atoms with Gasteiger partial charge in [0.2, 0.25) is 0 Å². The Balaban J connectivity index is 1.44. The standard InChI is InChI=1S/C24H34O7/c1-22-7-5-15(31-21(27)28)10-14(22)3-4-17-18(22)11-19(25)23(2)16(6-8-24(17,23)29)13-9-20(26)30-12-13/h9,14-19,25,29H,3-8,10-12H2,1-2H3,(H,27,28)/t14-,15+,16-,17-,18+,19-,22+,23+,24+/m1/s1. The highest BCUT2D eigenvalue weighted by molar-refractivity contribution is 5.85. The van der Waals surface area contributed by atoms with Gasteiger partial charge in [0.15, 0.2) is 0 Å². The zero-order valence-electron chi connectivity index (χ0n) is 18.4. The maximum absolute atomic E-state index is 12.2.